The predicted molar refractivity (Wildman–Crippen MR) is 60.6 cm³/mol. The van der Waals surface area contributed by atoms with E-state index in [0.29, 0.717) is 6.10 Å². The number of rotatable bonds is 7. The highest BCUT2D eigenvalue weighted by molar-refractivity contribution is 4.81. The number of unbranched alkanes of at least 4 members (excludes halogenated alkanes) is 2. The van der Waals surface area contributed by atoms with Gasteiger partial charge in [-0.15, -0.1) is 0 Å². The van der Waals surface area contributed by atoms with Gasteiger partial charge in [-0.25, -0.2) is 0 Å². The van der Waals surface area contributed by atoms with Crippen LogP contribution in [0.1, 0.15) is 52.4 Å². The minimum atomic E-state index is 0.489. The van der Waals surface area contributed by atoms with Crippen molar-refractivity contribution in [2.75, 3.05) is 13.2 Å². The lowest BCUT2D eigenvalue weighted by atomic mass is 10.1. The van der Waals surface area contributed by atoms with Crippen molar-refractivity contribution >= 4 is 0 Å². The molecule has 0 aromatic carbocycles. The molecule has 0 aromatic rings. The lowest BCUT2D eigenvalue weighted by molar-refractivity contribution is 0.0632. The molecule has 2 heteroatoms. The Morgan fingerprint density at radius 3 is 2.71 bits per heavy atom. The van der Waals surface area contributed by atoms with Crippen LogP contribution in [0.5, 0.6) is 0 Å². The quantitative estimate of drug-likeness (QED) is 0.637. The maximum Gasteiger partial charge on any atom is 0.0714 e. The first-order valence-corrected chi connectivity index (χ1v) is 6.21. The molecule has 1 N–H and O–H groups in total. The lowest BCUT2D eigenvalue weighted by Gasteiger charge is -2.10. The fourth-order valence-electron chi connectivity index (χ4n) is 1.97. The highest BCUT2D eigenvalue weighted by atomic mass is 16.5. The van der Waals surface area contributed by atoms with Crippen molar-refractivity contribution in [3.8, 4) is 0 Å². The van der Waals surface area contributed by atoms with Crippen molar-refractivity contribution in [1.29, 1.82) is 0 Å². The smallest absolute Gasteiger partial charge is 0.0714 e. The zero-order valence-electron chi connectivity index (χ0n) is 9.72. The molecular weight excluding hydrogens is 174 g/mol. The van der Waals surface area contributed by atoms with Gasteiger partial charge < -0.3 is 10.1 Å². The molecule has 1 rings (SSSR count). The average molecular weight is 199 g/mol. The Hall–Kier alpha value is -0.0800. The summed E-state index contributed by atoms with van der Waals surface area (Å²) in [5.41, 5.74) is 0. The monoisotopic (exact) mass is 199 g/mol. The third-order valence-electron chi connectivity index (χ3n) is 2.94. The molecule has 0 saturated carbocycles. The molecule has 0 aromatic heterocycles. The second-order valence-electron chi connectivity index (χ2n) is 4.33. The highest BCUT2D eigenvalue weighted by Crippen LogP contribution is 2.15. The molecule has 1 fully saturated rings. The van der Waals surface area contributed by atoms with Gasteiger partial charge in [-0.05, 0) is 19.3 Å². The van der Waals surface area contributed by atoms with Crippen LogP contribution in [0.15, 0.2) is 0 Å². The van der Waals surface area contributed by atoms with E-state index in [1.54, 1.807) is 0 Å². The molecule has 0 aliphatic carbocycles. The molecule has 2 nitrogen and oxygen atoms in total. The summed E-state index contributed by atoms with van der Waals surface area (Å²) in [5.74, 6) is 0. The predicted octanol–water partition coefficient (Wildman–Crippen LogP) is 2.72. The normalized spacial score (nSPS) is 27.0. The Kier molecular flexibility index (Phi) is 6.20. The van der Waals surface area contributed by atoms with Crippen molar-refractivity contribution in [1.82, 2.24) is 5.32 Å². The van der Waals surface area contributed by atoms with E-state index in [4.69, 9.17) is 4.74 Å². The number of hydrogen-bond acceptors (Lipinski definition) is 2. The van der Waals surface area contributed by atoms with E-state index in [2.05, 4.69) is 19.2 Å². The molecular formula is C12H25NO. The largest absolute Gasteiger partial charge is 0.377 e. The Bertz CT molecular complexity index is 138. The van der Waals surface area contributed by atoms with Crippen LogP contribution in [0.2, 0.25) is 0 Å². The Morgan fingerprint density at radius 2 is 2.00 bits per heavy atom. The van der Waals surface area contributed by atoms with Gasteiger partial charge >= 0.3 is 0 Å². The first-order valence-electron chi connectivity index (χ1n) is 6.21. The molecule has 0 spiro atoms. The molecule has 0 unspecified atom stereocenters. The maximum atomic E-state index is 5.79. The second-order valence-corrected chi connectivity index (χ2v) is 4.33. The Labute approximate surface area is 88.4 Å². The molecule has 2 atom stereocenters. The van der Waals surface area contributed by atoms with Crippen LogP contribution in [0.25, 0.3) is 0 Å². The summed E-state index contributed by atoms with van der Waals surface area (Å²) >= 11 is 0. The zero-order chi connectivity index (χ0) is 10.2. The summed E-state index contributed by atoms with van der Waals surface area (Å²) in [4.78, 5) is 0. The summed E-state index contributed by atoms with van der Waals surface area (Å²) in [7, 11) is 0. The SMILES string of the molecule is CCCCO[C@@H]1CN[C@@H](CCCC)C1. The first-order chi connectivity index (χ1) is 6.86. The van der Waals surface area contributed by atoms with Crippen LogP contribution in [-0.4, -0.2) is 25.3 Å². The summed E-state index contributed by atoms with van der Waals surface area (Å²) in [6.07, 6.45) is 8.13. The molecule has 1 aliphatic rings. The van der Waals surface area contributed by atoms with E-state index in [1.807, 2.05) is 0 Å². The average Bonchev–Trinajstić information content (AvgIpc) is 2.63. The highest BCUT2D eigenvalue weighted by Gasteiger charge is 2.23. The first kappa shape index (κ1) is 12.0. The van der Waals surface area contributed by atoms with Gasteiger partial charge in [0, 0.05) is 19.2 Å². The maximum absolute atomic E-state index is 5.79. The van der Waals surface area contributed by atoms with Crippen molar-refractivity contribution in [3.63, 3.8) is 0 Å². The minimum absolute atomic E-state index is 0.489. The van der Waals surface area contributed by atoms with Gasteiger partial charge in [0.25, 0.3) is 0 Å². The molecule has 0 amide bonds. The van der Waals surface area contributed by atoms with Crippen molar-refractivity contribution in [3.05, 3.63) is 0 Å². The van der Waals surface area contributed by atoms with Gasteiger partial charge in [-0.3, -0.25) is 0 Å². The van der Waals surface area contributed by atoms with Crippen LogP contribution < -0.4 is 5.32 Å². The van der Waals surface area contributed by atoms with Gasteiger partial charge in [0.15, 0.2) is 0 Å². The van der Waals surface area contributed by atoms with E-state index in [9.17, 15) is 0 Å². The van der Waals surface area contributed by atoms with Gasteiger partial charge in [0.2, 0.25) is 0 Å². The summed E-state index contributed by atoms with van der Waals surface area (Å²) < 4.78 is 5.79. The van der Waals surface area contributed by atoms with Crippen molar-refractivity contribution in [2.45, 2.75) is 64.5 Å². The van der Waals surface area contributed by atoms with Gasteiger partial charge in [0.05, 0.1) is 6.10 Å². The molecule has 1 heterocycles. The third-order valence-corrected chi connectivity index (χ3v) is 2.94. The molecule has 14 heavy (non-hydrogen) atoms. The van der Waals surface area contributed by atoms with Crippen LogP contribution in [0.3, 0.4) is 0 Å². The van der Waals surface area contributed by atoms with Crippen LogP contribution >= 0.6 is 0 Å². The van der Waals surface area contributed by atoms with E-state index in [-0.39, 0.29) is 0 Å². The van der Waals surface area contributed by atoms with E-state index in [0.717, 1.165) is 19.2 Å². The van der Waals surface area contributed by atoms with Gasteiger partial charge in [-0.2, -0.15) is 0 Å². The zero-order valence-corrected chi connectivity index (χ0v) is 9.72. The number of nitrogens with one attached hydrogen (secondary N) is 1. The molecule has 0 bridgehead atoms. The lowest BCUT2D eigenvalue weighted by Crippen LogP contribution is -2.21. The summed E-state index contributed by atoms with van der Waals surface area (Å²) in [6, 6.07) is 0.724. The van der Waals surface area contributed by atoms with Crippen LogP contribution in [0, 0.1) is 0 Å². The third kappa shape index (κ3) is 4.43. The molecule has 1 saturated heterocycles. The van der Waals surface area contributed by atoms with Gasteiger partial charge in [0.1, 0.15) is 0 Å². The number of hydrogen-bond donors (Lipinski definition) is 1. The molecule has 1 aliphatic heterocycles. The summed E-state index contributed by atoms with van der Waals surface area (Å²) in [5, 5.41) is 3.54. The topological polar surface area (TPSA) is 21.3 Å². The van der Waals surface area contributed by atoms with Crippen molar-refractivity contribution in [2.24, 2.45) is 0 Å². The molecule has 0 radical (unpaired) electrons. The van der Waals surface area contributed by atoms with E-state index >= 15 is 0 Å². The minimum Gasteiger partial charge on any atom is -0.377 e. The Balaban J connectivity index is 2.02. The second kappa shape index (κ2) is 7.24. The standard InChI is InChI=1S/C12H25NO/c1-3-5-7-11-9-12(10-13-11)14-8-6-4-2/h11-13H,3-10H2,1-2H3/t11-,12-/m0/s1. The van der Waals surface area contributed by atoms with Crippen LogP contribution in [0.4, 0.5) is 0 Å². The summed E-state index contributed by atoms with van der Waals surface area (Å²) in [6.45, 7) is 6.48. The Morgan fingerprint density at radius 1 is 1.21 bits per heavy atom. The number of ether oxygens (including phenoxy) is 1. The van der Waals surface area contributed by atoms with E-state index in [1.165, 1.54) is 38.5 Å². The fourth-order valence-corrected chi connectivity index (χ4v) is 1.97. The molecule has 84 valence electrons. The fraction of sp³-hybridized carbons (Fsp3) is 1.00. The van der Waals surface area contributed by atoms with E-state index < -0.39 is 0 Å². The van der Waals surface area contributed by atoms with Gasteiger partial charge in [-0.1, -0.05) is 33.1 Å². The van der Waals surface area contributed by atoms with Crippen LogP contribution in [-0.2, 0) is 4.74 Å². The van der Waals surface area contributed by atoms with Crippen molar-refractivity contribution < 1.29 is 4.74 Å².